The highest BCUT2D eigenvalue weighted by Gasteiger charge is 2.39. The van der Waals surface area contributed by atoms with Crippen LogP contribution < -0.4 is 4.90 Å². The third-order valence-electron chi connectivity index (χ3n) is 3.79. The van der Waals surface area contributed by atoms with Crippen LogP contribution >= 0.6 is 0 Å². The Morgan fingerprint density at radius 2 is 2.12 bits per heavy atom. The van der Waals surface area contributed by atoms with Crippen molar-refractivity contribution in [1.29, 1.82) is 0 Å². The van der Waals surface area contributed by atoms with E-state index < -0.39 is 0 Å². The zero-order valence-electron chi connectivity index (χ0n) is 10.6. The van der Waals surface area contributed by atoms with Crippen LogP contribution in [0.4, 0.5) is 5.82 Å². The summed E-state index contributed by atoms with van der Waals surface area (Å²) in [5, 5.41) is 1.11. The van der Waals surface area contributed by atoms with Crippen LogP contribution in [0.5, 0.6) is 0 Å². The van der Waals surface area contributed by atoms with Crippen LogP contribution in [-0.2, 0) is 0 Å². The highest BCUT2D eigenvalue weighted by Crippen LogP contribution is 2.43. The molecule has 2 aromatic heterocycles. The van der Waals surface area contributed by atoms with E-state index in [0.29, 0.717) is 11.5 Å². The van der Waals surface area contributed by atoms with Gasteiger partial charge in [0.25, 0.3) is 0 Å². The summed E-state index contributed by atoms with van der Waals surface area (Å²) >= 11 is 0. The highest BCUT2D eigenvalue weighted by molar-refractivity contribution is 5.87. The van der Waals surface area contributed by atoms with Gasteiger partial charge in [0.05, 0.1) is 5.39 Å². The minimum Gasteiger partial charge on any atom is -0.356 e. The van der Waals surface area contributed by atoms with E-state index in [1.807, 2.05) is 12.3 Å². The largest absolute Gasteiger partial charge is 0.356 e. The number of rotatable bonds is 2. The summed E-state index contributed by atoms with van der Waals surface area (Å²) in [7, 11) is 2.13. The molecule has 4 heteroatoms. The molecule has 2 heterocycles. The molecule has 4 nitrogen and oxygen atoms in total. The van der Waals surface area contributed by atoms with Crippen LogP contribution in [0.3, 0.4) is 0 Å². The van der Waals surface area contributed by atoms with Gasteiger partial charge in [-0.05, 0) is 24.3 Å². The monoisotopic (exact) mass is 230 g/mol. The molecule has 3 rings (SSSR count). The molecule has 2 aromatic rings. The molecule has 1 fully saturated rings. The lowest BCUT2D eigenvalue weighted by atomic mass is 9.68. The van der Waals surface area contributed by atoms with Gasteiger partial charge < -0.3 is 9.88 Å². The van der Waals surface area contributed by atoms with Crippen LogP contribution in [-0.4, -0.2) is 28.0 Å². The van der Waals surface area contributed by atoms with Gasteiger partial charge in [-0.2, -0.15) is 0 Å². The first kappa shape index (κ1) is 10.6. The van der Waals surface area contributed by atoms with Crippen LogP contribution in [0.15, 0.2) is 18.6 Å². The zero-order chi connectivity index (χ0) is 12.0. The zero-order valence-corrected chi connectivity index (χ0v) is 10.6. The van der Waals surface area contributed by atoms with Crippen LogP contribution in [0.25, 0.3) is 11.0 Å². The number of hydrogen-bond donors (Lipinski definition) is 1. The number of hydrogen-bond acceptors (Lipinski definition) is 3. The molecule has 90 valence electrons. The fourth-order valence-corrected chi connectivity index (χ4v) is 2.80. The summed E-state index contributed by atoms with van der Waals surface area (Å²) in [6.45, 7) is 4.65. The summed E-state index contributed by atoms with van der Waals surface area (Å²) in [4.78, 5) is 14.1. The maximum Gasteiger partial charge on any atom is 0.142 e. The van der Waals surface area contributed by atoms with E-state index >= 15 is 0 Å². The molecule has 0 aliphatic heterocycles. The maximum atomic E-state index is 4.42. The standard InChI is InChI=1S/C13H18N4/c1-13(2)6-9(7-13)17(3)12-10-4-5-14-11(10)15-8-16-12/h4-5,8-9H,6-7H2,1-3H3,(H,14,15,16). The predicted molar refractivity (Wildman–Crippen MR) is 69.1 cm³/mol. The summed E-state index contributed by atoms with van der Waals surface area (Å²) in [6, 6.07) is 2.66. The van der Waals surface area contributed by atoms with Gasteiger partial charge in [-0.3, -0.25) is 0 Å². The van der Waals surface area contributed by atoms with Crippen molar-refractivity contribution in [3.8, 4) is 0 Å². The Hall–Kier alpha value is -1.58. The Morgan fingerprint density at radius 1 is 1.35 bits per heavy atom. The molecule has 1 aliphatic carbocycles. The lowest BCUT2D eigenvalue weighted by molar-refractivity contribution is 0.150. The molecule has 0 bridgehead atoms. The smallest absolute Gasteiger partial charge is 0.142 e. The van der Waals surface area contributed by atoms with Crippen LogP contribution in [0.2, 0.25) is 0 Å². The van der Waals surface area contributed by atoms with E-state index in [-0.39, 0.29) is 0 Å². The summed E-state index contributed by atoms with van der Waals surface area (Å²) in [6.07, 6.45) is 6.02. The van der Waals surface area contributed by atoms with Crippen LogP contribution in [0.1, 0.15) is 26.7 Å². The quantitative estimate of drug-likeness (QED) is 0.862. The second-order valence-corrected chi connectivity index (χ2v) is 5.77. The Kier molecular flexibility index (Phi) is 2.15. The molecule has 1 saturated carbocycles. The Labute approximate surface area is 101 Å². The average Bonchev–Trinajstić information content (AvgIpc) is 2.72. The van der Waals surface area contributed by atoms with E-state index in [2.05, 4.69) is 40.7 Å². The van der Waals surface area contributed by atoms with E-state index in [0.717, 1.165) is 16.9 Å². The second kappa shape index (κ2) is 3.45. The molecule has 0 atom stereocenters. The molecule has 0 saturated heterocycles. The number of nitrogens with zero attached hydrogens (tertiary/aromatic N) is 3. The van der Waals surface area contributed by atoms with Gasteiger partial charge in [-0.15, -0.1) is 0 Å². The number of fused-ring (bicyclic) bond motifs is 1. The molecular weight excluding hydrogens is 212 g/mol. The van der Waals surface area contributed by atoms with Gasteiger partial charge >= 0.3 is 0 Å². The van der Waals surface area contributed by atoms with Crippen molar-refractivity contribution in [2.24, 2.45) is 5.41 Å². The van der Waals surface area contributed by atoms with Gasteiger partial charge in [0.15, 0.2) is 0 Å². The number of H-pyrrole nitrogens is 1. The van der Waals surface area contributed by atoms with Crippen molar-refractivity contribution in [2.75, 3.05) is 11.9 Å². The first-order valence-electron chi connectivity index (χ1n) is 6.08. The third kappa shape index (κ3) is 1.68. The molecule has 0 spiro atoms. The van der Waals surface area contributed by atoms with Crippen molar-refractivity contribution < 1.29 is 0 Å². The van der Waals surface area contributed by atoms with Gasteiger partial charge in [-0.25, -0.2) is 9.97 Å². The normalized spacial score (nSPS) is 19.2. The topological polar surface area (TPSA) is 44.8 Å². The van der Waals surface area contributed by atoms with Crippen molar-refractivity contribution in [3.05, 3.63) is 18.6 Å². The molecule has 1 aliphatic rings. The van der Waals surface area contributed by atoms with Crippen molar-refractivity contribution >= 4 is 16.9 Å². The molecule has 1 N–H and O–H groups in total. The minimum absolute atomic E-state index is 0.489. The fourth-order valence-electron chi connectivity index (χ4n) is 2.80. The van der Waals surface area contributed by atoms with Crippen molar-refractivity contribution in [3.63, 3.8) is 0 Å². The Morgan fingerprint density at radius 3 is 2.82 bits per heavy atom. The summed E-state index contributed by atoms with van der Waals surface area (Å²) in [5.41, 5.74) is 1.41. The second-order valence-electron chi connectivity index (χ2n) is 5.77. The van der Waals surface area contributed by atoms with E-state index in [1.165, 1.54) is 12.8 Å². The SMILES string of the molecule is CN(c1ncnc2[nH]ccc12)C1CC(C)(C)C1. The van der Waals surface area contributed by atoms with Gasteiger partial charge in [0, 0.05) is 19.3 Å². The third-order valence-corrected chi connectivity index (χ3v) is 3.79. The van der Waals surface area contributed by atoms with Crippen molar-refractivity contribution in [2.45, 2.75) is 32.7 Å². The number of aromatic amines is 1. The number of aromatic nitrogens is 3. The molecule has 0 radical (unpaired) electrons. The van der Waals surface area contributed by atoms with Gasteiger partial charge in [0.2, 0.25) is 0 Å². The average molecular weight is 230 g/mol. The fraction of sp³-hybridized carbons (Fsp3) is 0.538. The first-order chi connectivity index (χ1) is 8.07. The molecular formula is C13H18N4. The van der Waals surface area contributed by atoms with E-state index in [9.17, 15) is 0 Å². The van der Waals surface area contributed by atoms with E-state index in [1.54, 1.807) is 6.33 Å². The maximum absolute atomic E-state index is 4.42. The first-order valence-corrected chi connectivity index (χ1v) is 6.08. The lowest BCUT2D eigenvalue weighted by Gasteiger charge is -2.47. The predicted octanol–water partition coefficient (Wildman–Crippen LogP) is 2.58. The Balaban J connectivity index is 1.91. The van der Waals surface area contributed by atoms with Gasteiger partial charge in [-0.1, -0.05) is 13.8 Å². The molecule has 0 amide bonds. The Bertz CT molecular complexity index is 535. The molecule has 0 aromatic carbocycles. The lowest BCUT2D eigenvalue weighted by Crippen LogP contribution is -2.47. The van der Waals surface area contributed by atoms with Crippen LogP contribution in [0, 0.1) is 5.41 Å². The minimum atomic E-state index is 0.489. The van der Waals surface area contributed by atoms with E-state index in [4.69, 9.17) is 0 Å². The number of nitrogens with one attached hydrogen (secondary N) is 1. The van der Waals surface area contributed by atoms with Gasteiger partial charge in [0.1, 0.15) is 17.8 Å². The molecule has 17 heavy (non-hydrogen) atoms. The summed E-state index contributed by atoms with van der Waals surface area (Å²) < 4.78 is 0. The summed E-state index contributed by atoms with van der Waals surface area (Å²) in [5.74, 6) is 1.04. The number of anilines is 1. The van der Waals surface area contributed by atoms with Crippen molar-refractivity contribution in [1.82, 2.24) is 15.0 Å². The highest BCUT2D eigenvalue weighted by atomic mass is 15.2. The molecule has 0 unspecified atom stereocenters.